The van der Waals surface area contributed by atoms with E-state index in [9.17, 15) is 4.79 Å². The summed E-state index contributed by atoms with van der Waals surface area (Å²) in [4.78, 5) is 13.1. The Morgan fingerprint density at radius 2 is 1.52 bits per heavy atom. The molecule has 0 spiro atoms. The molecule has 0 aliphatic carbocycles. The molecule has 0 fully saturated rings. The average molecular weight is 628 g/mol. The number of carbonyl (C=O) groups is 1. The minimum atomic E-state index is -4.08. The van der Waals surface area contributed by atoms with Gasteiger partial charge >= 0.3 is 15.8 Å². The molecule has 2 aromatic rings. The number of rotatable bonds is 14. The van der Waals surface area contributed by atoms with Crippen LogP contribution in [0.2, 0.25) is 6.04 Å². The number of halogens is 2. The van der Waals surface area contributed by atoms with E-state index in [-0.39, 0.29) is 5.91 Å². The molecule has 1 aromatic carbocycles. The van der Waals surface area contributed by atoms with Gasteiger partial charge in [-0.3, -0.25) is 4.79 Å². The Hall–Kier alpha value is -2.86. The zero-order valence-corrected chi connectivity index (χ0v) is 28.8. The highest BCUT2D eigenvalue weighted by molar-refractivity contribution is 6.60. The Kier molecular flexibility index (Phi) is 10.5. The van der Waals surface area contributed by atoms with Gasteiger partial charge < -0.3 is 36.2 Å². The number of fused-ring (bicyclic) bond motifs is 2. The molecule has 3 heterocycles. The Morgan fingerprint density at radius 3 is 2.05 bits per heavy atom. The first-order valence-electron chi connectivity index (χ1n) is 16.1. The smallest absolute Gasteiger partial charge is 0.393 e. The fourth-order valence-corrected chi connectivity index (χ4v) is 9.76. The van der Waals surface area contributed by atoms with Crippen LogP contribution in [0, 0.1) is 13.8 Å². The van der Waals surface area contributed by atoms with Crippen molar-refractivity contribution in [1.29, 1.82) is 0 Å². The van der Waals surface area contributed by atoms with Gasteiger partial charge in [-0.25, -0.2) is 0 Å². The van der Waals surface area contributed by atoms with E-state index in [1.54, 1.807) is 26.0 Å². The van der Waals surface area contributed by atoms with Crippen LogP contribution in [0.3, 0.4) is 0 Å². The SMILES string of the molecule is CCO[Si](CCCNC(=O)c1ccc(C2=C3C(C)=C(CC)C(C)=[N+]3[B-](F)(F)n3c(C)c(CC)c(C)c32)cc1)(OCC)OCC. The van der Waals surface area contributed by atoms with Gasteiger partial charge in [0.15, 0.2) is 5.70 Å². The lowest BCUT2D eigenvalue weighted by Crippen LogP contribution is -2.51. The number of allylic oxidation sites excluding steroid dienone is 2. The number of amides is 1. The van der Waals surface area contributed by atoms with Crippen LogP contribution in [0.1, 0.15) is 99.7 Å². The molecule has 2 aliphatic rings. The quantitative estimate of drug-likeness (QED) is 0.180. The summed E-state index contributed by atoms with van der Waals surface area (Å²) >= 11 is 0. The zero-order chi connectivity index (χ0) is 32.4. The fourth-order valence-electron chi connectivity index (χ4n) is 7.15. The maximum atomic E-state index is 16.5. The number of nitrogens with zero attached hydrogens (tertiary/aromatic N) is 2. The van der Waals surface area contributed by atoms with Gasteiger partial charge in [0.05, 0.1) is 5.57 Å². The lowest BCUT2D eigenvalue weighted by molar-refractivity contribution is -0.363. The molecule has 7 nitrogen and oxygen atoms in total. The molecule has 0 atom stereocenters. The third-order valence-electron chi connectivity index (χ3n) is 8.97. The van der Waals surface area contributed by atoms with Crippen LogP contribution in [0.5, 0.6) is 0 Å². The van der Waals surface area contributed by atoms with Gasteiger partial charge in [0, 0.05) is 61.7 Å². The maximum absolute atomic E-state index is 16.5. The van der Waals surface area contributed by atoms with Gasteiger partial charge in [0.1, 0.15) is 5.71 Å². The Labute approximate surface area is 262 Å². The normalized spacial score (nSPS) is 16.2. The molecule has 240 valence electrons. The van der Waals surface area contributed by atoms with Gasteiger partial charge in [0.2, 0.25) is 0 Å². The second kappa shape index (κ2) is 13.6. The van der Waals surface area contributed by atoms with Crippen molar-refractivity contribution < 1.29 is 31.2 Å². The van der Waals surface area contributed by atoms with E-state index in [1.807, 2.05) is 60.6 Å². The van der Waals surface area contributed by atoms with Gasteiger partial charge in [0.25, 0.3) is 5.91 Å². The van der Waals surface area contributed by atoms with Crippen LogP contribution in [0.25, 0.3) is 5.57 Å². The summed E-state index contributed by atoms with van der Waals surface area (Å²) in [6, 6.07) is 7.94. The molecule has 0 saturated carbocycles. The van der Waals surface area contributed by atoms with Gasteiger partial charge in [-0.15, -0.1) is 0 Å². The molecule has 1 aromatic heterocycles. The summed E-state index contributed by atoms with van der Waals surface area (Å²) in [5.41, 5.74) is 8.15. The lowest BCUT2D eigenvalue weighted by atomic mass is 9.83. The molecular weight excluding hydrogens is 579 g/mol. The first kappa shape index (κ1) is 34.0. The molecule has 0 bridgehead atoms. The van der Waals surface area contributed by atoms with Crippen LogP contribution >= 0.6 is 0 Å². The molecule has 11 heteroatoms. The molecule has 44 heavy (non-hydrogen) atoms. The third-order valence-corrected chi connectivity index (χ3v) is 12.1. The average Bonchev–Trinajstić information content (AvgIpc) is 3.40. The molecule has 1 N–H and O–H groups in total. The number of nitrogens with one attached hydrogen (secondary N) is 1. The van der Waals surface area contributed by atoms with Gasteiger partial charge in [-0.2, -0.15) is 0 Å². The van der Waals surface area contributed by atoms with E-state index in [2.05, 4.69) is 5.32 Å². The number of benzene rings is 1. The standard InChI is InChI=1S/C33H48BF2N3O4Si/c1-10-28-22(6)31-30(32-23(7)29(11-2)25(9)39(32)34(35,36)38(31)24(28)8)26-16-18-27(19-17-26)33(40)37-20-15-21-44(41-12-3,42-13-4)43-14-5/h16-19H,10-15,20-21H2,1-9H3,(H,37,40). The molecule has 4 rings (SSSR count). The maximum Gasteiger partial charge on any atom is 0.737 e. The van der Waals surface area contributed by atoms with Crippen molar-refractivity contribution in [2.24, 2.45) is 0 Å². The summed E-state index contributed by atoms with van der Waals surface area (Å²) in [7, 11) is -2.77. The monoisotopic (exact) mass is 627 g/mol. The second-order valence-electron chi connectivity index (χ2n) is 11.4. The van der Waals surface area contributed by atoms with E-state index in [0.29, 0.717) is 80.0 Å². The first-order chi connectivity index (χ1) is 20.9. The summed E-state index contributed by atoms with van der Waals surface area (Å²) in [6.45, 7) is 15.2. The van der Waals surface area contributed by atoms with Gasteiger partial charge in [-0.1, -0.05) is 26.0 Å². The van der Waals surface area contributed by atoms with E-state index in [0.717, 1.165) is 33.4 Å². The number of hydrogen-bond acceptors (Lipinski definition) is 4. The Morgan fingerprint density at radius 1 is 0.932 bits per heavy atom. The van der Waals surface area contributed by atoms with Crippen molar-refractivity contribution in [3.05, 3.63) is 74.8 Å². The molecule has 2 aliphatic heterocycles. The largest absolute Gasteiger partial charge is 0.737 e. The van der Waals surface area contributed by atoms with Crippen molar-refractivity contribution in [3.8, 4) is 0 Å². The topological polar surface area (TPSA) is 64.7 Å². The highest BCUT2D eigenvalue weighted by Crippen LogP contribution is 2.47. The fraction of sp³-hybridized carbons (Fsp3) is 0.515. The molecule has 0 radical (unpaired) electrons. The van der Waals surface area contributed by atoms with Crippen molar-refractivity contribution in [2.75, 3.05) is 26.4 Å². The third kappa shape index (κ3) is 5.79. The van der Waals surface area contributed by atoms with E-state index < -0.39 is 15.8 Å². The van der Waals surface area contributed by atoms with Crippen molar-refractivity contribution in [1.82, 2.24) is 9.79 Å². The Bertz CT molecular complexity index is 1490. The Balaban J connectivity index is 1.65. The zero-order valence-electron chi connectivity index (χ0n) is 27.8. The minimum Gasteiger partial charge on any atom is -0.393 e. The second-order valence-corrected chi connectivity index (χ2v) is 14.1. The highest BCUT2D eigenvalue weighted by Gasteiger charge is 2.56. The minimum absolute atomic E-state index is 0.191. The molecule has 1 amide bonds. The first-order valence-corrected chi connectivity index (χ1v) is 18.0. The summed E-state index contributed by atoms with van der Waals surface area (Å²) in [5, 5.41) is 3.00. The molecule has 0 saturated heterocycles. The van der Waals surface area contributed by atoms with Crippen LogP contribution in [-0.4, -0.2) is 62.7 Å². The number of aromatic nitrogens is 1. The summed E-state index contributed by atoms with van der Waals surface area (Å²) in [6.07, 6.45) is 2.01. The summed E-state index contributed by atoms with van der Waals surface area (Å²) in [5.74, 6) is -0.191. The highest BCUT2D eigenvalue weighted by atomic mass is 28.4. The predicted octanol–water partition coefficient (Wildman–Crippen LogP) is 7.04. The number of hydrogen-bond donors (Lipinski definition) is 1. The molecular formula is C33H48BF2N3O4Si. The van der Waals surface area contributed by atoms with E-state index in [4.69, 9.17) is 13.3 Å². The van der Waals surface area contributed by atoms with E-state index >= 15 is 8.63 Å². The van der Waals surface area contributed by atoms with Crippen LogP contribution in [0.15, 0.2) is 41.1 Å². The summed E-state index contributed by atoms with van der Waals surface area (Å²) < 4.78 is 53.3. The van der Waals surface area contributed by atoms with Crippen molar-refractivity contribution >= 4 is 33.0 Å². The van der Waals surface area contributed by atoms with Crippen molar-refractivity contribution in [3.63, 3.8) is 0 Å². The van der Waals surface area contributed by atoms with Crippen LogP contribution in [0.4, 0.5) is 8.63 Å². The predicted molar refractivity (Wildman–Crippen MR) is 175 cm³/mol. The van der Waals surface area contributed by atoms with Crippen LogP contribution in [-0.2, 0) is 19.7 Å². The van der Waals surface area contributed by atoms with E-state index in [1.165, 1.54) is 8.96 Å². The lowest BCUT2D eigenvalue weighted by Gasteiger charge is -2.34. The van der Waals surface area contributed by atoms with Gasteiger partial charge in [-0.05, 0) is 95.3 Å². The van der Waals surface area contributed by atoms with Crippen LogP contribution < -0.4 is 5.32 Å². The van der Waals surface area contributed by atoms with Crippen molar-refractivity contribution in [2.45, 2.75) is 87.6 Å². The number of carbonyl (C=O) groups excluding carboxylic acids is 1. The molecule has 0 unspecified atom stereocenters.